The molecule has 1 aromatic rings. The number of amides is 1. The zero-order valence-electron chi connectivity index (χ0n) is 15.2. The van der Waals surface area contributed by atoms with Gasteiger partial charge in [0, 0.05) is 25.2 Å². The number of hydrogen-bond acceptors (Lipinski definition) is 3. The Morgan fingerprint density at radius 1 is 1.31 bits per heavy atom. The van der Waals surface area contributed by atoms with Crippen LogP contribution in [-0.2, 0) is 21.1 Å². The van der Waals surface area contributed by atoms with Gasteiger partial charge in [0.2, 0.25) is 5.91 Å². The number of carbonyl (C=O) groups excluding carboxylic acids is 1. The van der Waals surface area contributed by atoms with Crippen LogP contribution in [0.4, 0.5) is 13.2 Å². The molecule has 3 N–H and O–H groups in total. The van der Waals surface area contributed by atoms with Gasteiger partial charge in [-0.3, -0.25) is 4.79 Å². The van der Waals surface area contributed by atoms with Crippen LogP contribution in [0.2, 0.25) is 0 Å². The molecule has 1 saturated heterocycles. The number of alkyl halides is 3. The van der Waals surface area contributed by atoms with E-state index in [0.29, 0.717) is 38.0 Å². The fourth-order valence-corrected chi connectivity index (χ4v) is 3.36. The SMILES string of the molecule is CC(C)C[C@H](N)C(=O)NCC1(c2cccc(C(F)(F)F)c2)CCOCC1. The Morgan fingerprint density at radius 3 is 2.54 bits per heavy atom. The topological polar surface area (TPSA) is 64.4 Å². The van der Waals surface area contributed by atoms with E-state index < -0.39 is 23.2 Å². The van der Waals surface area contributed by atoms with Crippen LogP contribution < -0.4 is 11.1 Å². The average molecular weight is 372 g/mol. The van der Waals surface area contributed by atoms with Crippen molar-refractivity contribution in [2.24, 2.45) is 11.7 Å². The lowest BCUT2D eigenvalue weighted by atomic mass is 9.73. The maximum Gasteiger partial charge on any atom is 0.416 e. The second kappa shape index (κ2) is 8.39. The van der Waals surface area contributed by atoms with Gasteiger partial charge in [0.25, 0.3) is 0 Å². The molecule has 0 spiro atoms. The first-order chi connectivity index (χ1) is 12.1. The first-order valence-electron chi connectivity index (χ1n) is 8.93. The third-order valence-corrected chi connectivity index (χ3v) is 4.92. The van der Waals surface area contributed by atoms with E-state index in [2.05, 4.69) is 5.32 Å². The Hall–Kier alpha value is -1.60. The average Bonchev–Trinajstić information content (AvgIpc) is 2.59. The maximum atomic E-state index is 13.1. The summed E-state index contributed by atoms with van der Waals surface area (Å²) < 4.78 is 44.7. The molecule has 1 aromatic carbocycles. The summed E-state index contributed by atoms with van der Waals surface area (Å²) in [5.74, 6) is 0.0211. The monoisotopic (exact) mass is 372 g/mol. The van der Waals surface area contributed by atoms with Gasteiger partial charge in [-0.15, -0.1) is 0 Å². The molecule has 0 saturated carbocycles. The second-order valence-electron chi connectivity index (χ2n) is 7.43. The summed E-state index contributed by atoms with van der Waals surface area (Å²) >= 11 is 0. The van der Waals surface area contributed by atoms with Crippen LogP contribution in [0.25, 0.3) is 0 Å². The van der Waals surface area contributed by atoms with Gasteiger partial charge in [0.15, 0.2) is 0 Å². The fourth-order valence-electron chi connectivity index (χ4n) is 3.36. The molecule has 1 heterocycles. The summed E-state index contributed by atoms with van der Waals surface area (Å²) in [5, 5.41) is 2.85. The van der Waals surface area contributed by atoms with Crippen molar-refractivity contribution < 1.29 is 22.7 Å². The highest BCUT2D eigenvalue weighted by atomic mass is 19.4. The third kappa shape index (κ3) is 5.20. The van der Waals surface area contributed by atoms with Crippen LogP contribution in [0, 0.1) is 5.92 Å². The van der Waals surface area contributed by atoms with E-state index >= 15 is 0 Å². The predicted molar refractivity (Wildman–Crippen MR) is 93.6 cm³/mol. The fraction of sp³-hybridized carbons (Fsp3) is 0.632. The number of nitrogens with two attached hydrogens (primary N) is 1. The van der Waals surface area contributed by atoms with Gasteiger partial charge in [-0.25, -0.2) is 0 Å². The molecule has 1 atom stereocenters. The second-order valence-corrected chi connectivity index (χ2v) is 7.43. The number of rotatable bonds is 6. The number of ether oxygens (including phenoxy) is 1. The highest BCUT2D eigenvalue weighted by Crippen LogP contribution is 2.37. The molecular formula is C19H27F3N2O2. The summed E-state index contributed by atoms with van der Waals surface area (Å²) in [7, 11) is 0. The molecule has 0 unspecified atom stereocenters. The van der Waals surface area contributed by atoms with Crippen LogP contribution in [-0.4, -0.2) is 31.7 Å². The highest BCUT2D eigenvalue weighted by molar-refractivity contribution is 5.81. The largest absolute Gasteiger partial charge is 0.416 e. The van der Waals surface area contributed by atoms with E-state index in [-0.39, 0.29) is 18.4 Å². The number of halogens is 3. The number of carbonyl (C=O) groups is 1. The molecule has 146 valence electrons. The van der Waals surface area contributed by atoms with Crippen LogP contribution in [0.3, 0.4) is 0 Å². The molecule has 2 rings (SSSR count). The van der Waals surface area contributed by atoms with Crippen molar-refractivity contribution in [1.82, 2.24) is 5.32 Å². The Kier molecular flexibility index (Phi) is 6.69. The van der Waals surface area contributed by atoms with E-state index in [4.69, 9.17) is 10.5 Å². The normalized spacial score (nSPS) is 18.6. The van der Waals surface area contributed by atoms with Crippen molar-refractivity contribution in [3.05, 3.63) is 35.4 Å². The molecule has 0 aliphatic carbocycles. The highest BCUT2D eigenvalue weighted by Gasteiger charge is 2.38. The lowest BCUT2D eigenvalue weighted by molar-refractivity contribution is -0.137. The molecule has 7 heteroatoms. The van der Waals surface area contributed by atoms with Crippen molar-refractivity contribution in [1.29, 1.82) is 0 Å². The van der Waals surface area contributed by atoms with Gasteiger partial charge in [0.1, 0.15) is 0 Å². The number of nitrogens with one attached hydrogen (secondary N) is 1. The van der Waals surface area contributed by atoms with E-state index in [1.165, 1.54) is 12.1 Å². The minimum absolute atomic E-state index is 0.252. The smallest absolute Gasteiger partial charge is 0.381 e. The van der Waals surface area contributed by atoms with Gasteiger partial charge in [-0.2, -0.15) is 13.2 Å². The quantitative estimate of drug-likeness (QED) is 0.806. The molecular weight excluding hydrogens is 345 g/mol. The summed E-state index contributed by atoms with van der Waals surface area (Å²) in [4.78, 5) is 12.3. The maximum absolute atomic E-state index is 13.1. The van der Waals surface area contributed by atoms with Gasteiger partial charge < -0.3 is 15.8 Å². The van der Waals surface area contributed by atoms with Gasteiger partial charge in [0.05, 0.1) is 11.6 Å². The minimum Gasteiger partial charge on any atom is -0.381 e. The molecule has 4 nitrogen and oxygen atoms in total. The number of hydrogen-bond donors (Lipinski definition) is 2. The van der Waals surface area contributed by atoms with Gasteiger partial charge in [-0.05, 0) is 36.8 Å². The Labute approximate surface area is 152 Å². The van der Waals surface area contributed by atoms with Gasteiger partial charge in [-0.1, -0.05) is 32.0 Å². The predicted octanol–water partition coefficient (Wildman–Crippen LogP) is 3.24. The molecule has 1 fully saturated rings. The van der Waals surface area contributed by atoms with Gasteiger partial charge >= 0.3 is 6.18 Å². The van der Waals surface area contributed by atoms with Crippen molar-refractivity contribution in [2.75, 3.05) is 19.8 Å². The lowest BCUT2D eigenvalue weighted by Gasteiger charge is -2.38. The lowest BCUT2D eigenvalue weighted by Crippen LogP contribution is -2.49. The van der Waals surface area contributed by atoms with Crippen LogP contribution >= 0.6 is 0 Å². The van der Waals surface area contributed by atoms with Crippen LogP contribution in [0.15, 0.2) is 24.3 Å². The summed E-state index contributed by atoms with van der Waals surface area (Å²) in [6.45, 7) is 5.11. The standard InChI is InChI=1S/C19H27F3N2O2/c1-13(2)10-16(23)17(25)24-12-18(6-8-26-9-7-18)14-4-3-5-15(11-14)19(20,21)22/h3-5,11,13,16H,6-10,12,23H2,1-2H3,(H,24,25)/t16-/m0/s1. The Morgan fingerprint density at radius 2 is 1.96 bits per heavy atom. The molecule has 26 heavy (non-hydrogen) atoms. The minimum atomic E-state index is -4.40. The number of benzene rings is 1. The summed E-state index contributed by atoms with van der Waals surface area (Å²) in [6.07, 6.45) is -2.74. The summed E-state index contributed by atoms with van der Waals surface area (Å²) in [5.41, 5.74) is 5.23. The Bertz CT molecular complexity index is 611. The molecule has 0 radical (unpaired) electrons. The zero-order chi connectivity index (χ0) is 19.4. The van der Waals surface area contributed by atoms with E-state index in [1.807, 2.05) is 13.8 Å². The molecule has 0 aromatic heterocycles. The van der Waals surface area contributed by atoms with Crippen molar-refractivity contribution in [2.45, 2.75) is 50.7 Å². The van der Waals surface area contributed by atoms with E-state index in [1.54, 1.807) is 6.07 Å². The molecule has 0 bridgehead atoms. The van der Waals surface area contributed by atoms with Crippen molar-refractivity contribution >= 4 is 5.91 Å². The molecule has 1 aliphatic rings. The van der Waals surface area contributed by atoms with Crippen molar-refractivity contribution in [3.63, 3.8) is 0 Å². The first-order valence-corrected chi connectivity index (χ1v) is 8.93. The third-order valence-electron chi connectivity index (χ3n) is 4.92. The molecule has 1 aliphatic heterocycles. The molecule has 1 amide bonds. The first kappa shape index (κ1) is 20.7. The Balaban J connectivity index is 2.20. The van der Waals surface area contributed by atoms with E-state index in [0.717, 1.165) is 6.07 Å². The van der Waals surface area contributed by atoms with Crippen LogP contribution in [0.5, 0.6) is 0 Å². The summed E-state index contributed by atoms with van der Waals surface area (Å²) in [6, 6.07) is 4.75. The van der Waals surface area contributed by atoms with Crippen LogP contribution in [0.1, 0.15) is 44.2 Å². The van der Waals surface area contributed by atoms with E-state index in [9.17, 15) is 18.0 Å². The van der Waals surface area contributed by atoms with Crippen molar-refractivity contribution in [3.8, 4) is 0 Å². The zero-order valence-corrected chi connectivity index (χ0v) is 15.2.